The van der Waals surface area contributed by atoms with Crippen LogP contribution < -0.4 is 21.7 Å². The number of hydrogen-bond acceptors (Lipinski definition) is 5. The average molecular weight is 578 g/mol. The Hall–Kier alpha value is -2.65. The molecule has 0 aromatic heterocycles. The smallest absolute Gasteiger partial charge is 0.315 e. The molecular formula is C31H55N5O5. The first-order chi connectivity index (χ1) is 19.3. The molecule has 1 heterocycles. The van der Waals surface area contributed by atoms with Crippen LogP contribution in [0, 0.1) is 17.3 Å². The lowest BCUT2D eigenvalue weighted by molar-refractivity contribution is -0.143. The molecule has 3 rings (SSSR count). The third-order valence-corrected chi connectivity index (χ3v) is 8.83. The van der Waals surface area contributed by atoms with Crippen LogP contribution in [0.2, 0.25) is 0 Å². The number of carbonyl (C=O) groups is 5. The highest BCUT2D eigenvalue weighted by atomic mass is 16.2. The molecule has 0 aromatic rings. The fraction of sp³-hybridized carbons (Fsp3) is 0.839. The third-order valence-electron chi connectivity index (χ3n) is 8.83. The van der Waals surface area contributed by atoms with Crippen molar-refractivity contribution < 1.29 is 24.0 Å². The van der Waals surface area contributed by atoms with E-state index < -0.39 is 35.7 Å². The van der Waals surface area contributed by atoms with Crippen LogP contribution in [0.15, 0.2) is 0 Å². The lowest BCUT2D eigenvalue weighted by Gasteiger charge is -2.36. The van der Waals surface area contributed by atoms with Gasteiger partial charge in [-0.2, -0.15) is 0 Å². The fourth-order valence-corrected chi connectivity index (χ4v) is 5.66. The molecule has 4 atom stereocenters. The van der Waals surface area contributed by atoms with Gasteiger partial charge in [-0.3, -0.25) is 19.2 Å². The predicted molar refractivity (Wildman–Crippen MR) is 160 cm³/mol. The van der Waals surface area contributed by atoms with Crippen molar-refractivity contribution in [3.8, 4) is 0 Å². The van der Waals surface area contributed by atoms with Crippen LogP contribution in [-0.4, -0.2) is 65.1 Å². The van der Waals surface area contributed by atoms with Gasteiger partial charge in [-0.15, -0.1) is 0 Å². The number of amides is 5. The van der Waals surface area contributed by atoms with Crippen molar-refractivity contribution in [2.24, 2.45) is 23.0 Å². The maximum absolute atomic E-state index is 13.9. The number of nitrogens with zero attached hydrogens (tertiary/aromatic N) is 1. The second-order valence-corrected chi connectivity index (χ2v) is 13.3. The first-order valence-electron chi connectivity index (χ1n) is 15.8. The molecule has 41 heavy (non-hydrogen) atoms. The lowest BCUT2D eigenvalue weighted by atomic mass is 9.80. The summed E-state index contributed by atoms with van der Waals surface area (Å²) in [6.07, 6.45) is 10.5. The van der Waals surface area contributed by atoms with Crippen LogP contribution in [0.25, 0.3) is 0 Å². The number of likely N-dealkylation sites (tertiary alicyclic amines) is 1. The quantitative estimate of drug-likeness (QED) is 0.291. The monoisotopic (exact) mass is 577 g/mol. The Labute approximate surface area is 246 Å². The summed E-state index contributed by atoms with van der Waals surface area (Å²) in [5.41, 5.74) is 5.12. The Balaban J connectivity index is 0.00000187. The van der Waals surface area contributed by atoms with Crippen LogP contribution in [0.1, 0.15) is 119 Å². The van der Waals surface area contributed by atoms with Gasteiger partial charge in [-0.1, -0.05) is 79.6 Å². The first kappa shape index (κ1) is 34.6. The highest BCUT2D eigenvalue weighted by Crippen LogP contribution is 2.32. The molecule has 2 unspecified atom stereocenters. The van der Waals surface area contributed by atoms with Gasteiger partial charge >= 0.3 is 6.03 Å². The van der Waals surface area contributed by atoms with E-state index in [0.717, 1.165) is 51.4 Å². The zero-order valence-electron chi connectivity index (χ0n) is 26.2. The second kappa shape index (κ2) is 16.1. The zero-order valence-corrected chi connectivity index (χ0v) is 26.2. The van der Waals surface area contributed by atoms with Crippen molar-refractivity contribution in [2.45, 2.75) is 143 Å². The molecule has 0 aromatic carbocycles. The lowest BCUT2D eigenvalue weighted by Crippen LogP contribution is -2.59. The molecule has 234 valence electrons. The molecule has 3 aliphatic rings. The van der Waals surface area contributed by atoms with Crippen molar-refractivity contribution >= 4 is 29.5 Å². The highest BCUT2D eigenvalue weighted by molar-refractivity contribution is 6.37. The van der Waals surface area contributed by atoms with Crippen molar-refractivity contribution in [3.05, 3.63) is 0 Å². The molecule has 0 radical (unpaired) electrons. The fourth-order valence-electron chi connectivity index (χ4n) is 5.66. The number of nitrogens with one attached hydrogen (secondary N) is 3. The van der Waals surface area contributed by atoms with E-state index in [9.17, 15) is 24.0 Å². The molecule has 5 amide bonds. The maximum atomic E-state index is 13.9. The highest BCUT2D eigenvalue weighted by Gasteiger charge is 2.42. The summed E-state index contributed by atoms with van der Waals surface area (Å²) in [7, 11) is 0. The van der Waals surface area contributed by atoms with Gasteiger partial charge < -0.3 is 26.6 Å². The predicted octanol–water partition coefficient (Wildman–Crippen LogP) is 3.81. The van der Waals surface area contributed by atoms with E-state index in [1.54, 1.807) is 4.90 Å². The van der Waals surface area contributed by atoms with Gasteiger partial charge in [0.05, 0.1) is 6.04 Å². The minimum absolute atomic E-state index is 0.000872. The van der Waals surface area contributed by atoms with Crippen molar-refractivity contribution in [1.29, 1.82) is 0 Å². The zero-order chi connectivity index (χ0) is 30.7. The Bertz CT molecular complexity index is 907. The standard InChI is InChI=1S/C28H47N5O5.C3H8/c1-17(28(2,3)4)30-27(38)32-22(19-12-6-5-7-13-19)26(37)33-15-9-14-21(33)25(36)31-20(23(34)24(29)35)16-18-10-8-11-18;1-3-2/h17-22H,5-16H2,1-4H3,(H2,29,35)(H,31,36)(H2,30,32,38);3H2,1-2H3/t17?,20?,21-,22-;/m0./s1. The van der Waals surface area contributed by atoms with Crippen LogP contribution in [0.3, 0.4) is 0 Å². The topological polar surface area (TPSA) is 151 Å². The van der Waals surface area contributed by atoms with Crippen molar-refractivity contribution in [3.63, 3.8) is 0 Å². The molecule has 1 saturated heterocycles. The normalized spacial score (nSPS) is 21.8. The number of ketones is 1. The van der Waals surface area contributed by atoms with Gasteiger partial charge in [-0.05, 0) is 56.3 Å². The van der Waals surface area contributed by atoms with E-state index in [-0.39, 0.29) is 35.2 Å². The molecule has 3 fully saturated rings. The minimum atomic E-state index is -1.06. The van der Waals surface area contributed by atoms with Crippen LogP contribution >= 0.6 is 0 Å². The van der Waals surface area contributed by atoms with E-state index in [4.69, 9.17) is 5.73 Å². The van der Waals surface area contributed by atoms with Gasteiger partial charge in [0.25, 0.3) is 5.91 Å². The number of Topliss-reactive ketones (excluding diaryl/α,β-unsaturated/α-hetero) is 1. The number of carbonyl (C=O) groups excluding carboxylic acids is 5. The minimum Gasteiger partial charge on any atom is -0.363 e. The van der Waals surface area contributed by atoms with Gasteiger partial charge in [0, 0.05) is 12.6 Å². The molecule has 0 bridgehead atoms. The molecule has 2 aliphatic carbocycles. The van der Waals surface area contributed by atoms with E-state index in [1.807, 2.05) is 27.7 Å². The number of rotatable bonds is 10. The number of primary amides is 1. The summed E-state index contributed by atoms with van der Waals surface area (Å²) in [6.45, 7) is 12.7. The van der Waals surface area contributed by atoms with Gasteiger partial charge in [0.2, 0.25) is 17.6 Å². The van der Waals surface area contributed by atoms with Crippen LogP contribution in [-0.2, 0) is 19.2 Å². The van der Waals surface area contributed by atoms with E-state index in [2.05, 4.69) is 29.8 Å². The molecular weight excluding hydrogens is 522 g/mol. The SMILES string of the molecule is CC(NC(=O)N[C@H](C(=O)N1CCC[C@H]1C(=O)NC(CC1CCC1)C(=O)C(N)=O)C1CCCCC1)C(C)(C)C.CCC. The van der Waals surface area contributed by atoms with Gasteiger partial charge in [0.1, 0.15) is 12.1 Å². The van der Waals surface area contributed by atoms with Crippen LogP contribution in [0.5, 0.6) is 0 Å². The Kier molecular flexibility index (Phi) is 13.6. The summed E-state index contributed by atoms with van der Waals surface area (Å²) in [5, 5.41) is 8.66. The third kappa shape index (κ3) is 10.3. The van der Waals surface area contributed by atoms with Gasteiger partial charge in [0.15, 0.2) is 0 Å². The molecule has 2 saturated carbocycles. The van der Waals surface area contributed by atoms with E-state index in [0.29, 0.717) is 25.8 Å². The number of nitrogens with two attached hydrogens (primary N) is 1. The Morgan fingerprint density at radius 3 is 1.98 bits per heavy atom. The molecule has 1 aliphatic heterocycles. The van der Waals surface area contributed by atoms with Crippen molar-refractivity contribution in [2.75, 3.05) is 6.54 Å². The van der Waals surface area contributed by atoms with Crippen molar-refractivity contribution in [1.82, 2.24) is 20.9 Å². The molecule has 10 nitrogen and oxygen atoms in total. The Morgan fingerprint density at radius 2 is 1.46 bits per heavy atom. The van der Waals surface area contributed by atoms with E-state index >= 15 is 0 Å². The second-order valence-electron chi connectivity index (χ2n) is 13.3. The van der Waals surface area contributed by atoms with Crippen LogP contribution in [0.4, 0.5) is 4.79 Å². The summed E-state index contributed by atoms with van der Waals surface area (Å²) in [4.78, 5) is 65.8. The number of hydrogen-bond donors (Lipinski definition) is 4. The molecule has 10 heteroatoms. The largest absolute Gasteiger partial charge is 0.363 e. The average Bonchev–Trinajstić information content (AvgIpc) is 3.38. The molecule has 5 N–H and O–H groups in total. The first-order valence-corrected chi connectivity index (χ1v) is 15.8. The summed E-state index contributed by atoms with van der Waals surface area (Å²) >= 11 is 0. The summed E-state index contributed by atoms with van der Waals surface area (Å²) in [6, 6.07) is -2.94. The van der Waals surface area contributed by atoms with Gasteiger partial charge in [-0.25, -0.2) is 4.79 Å². The Morgan fingerprint density at radius 1 is 0.854 bits per heavy atom. The number of urea groups is 1. The summed E-state index contributed by atoms with van der Waals surface area (Å²) in [5.74, 6) is -2.29. The van der Waals surface area contributed by atoms with E-state index in [1.165, 1.54) is 6.42 Å². The molecule has 0 spiro atoms. The maximum Gasteiger partial charge on any atom is 0.315 e. The summed E-state index contributed by atoms with van der Waals surface area (Å²) < 4.78 is 0.